The van der Waals surface area contributed by atoms with Crippen molar-refractivity contribution in [2.45, 2.75) is 0 Å². The van der Waals surface area contributed by atoms with Gasteiger partial charge in [-0.2, -0.15) is 0 Å². The van der Waals surface area contributed by atoms with Crippen LogP contribution in [0.1, 0.15) is 0 Å². The molecule has 2 aromatic carbocycles. The molecule has 0 atom stereocenters. The topological polar surface area (TPSA) is 48.9 Å². The number of hydrogen-bond acceptors (Lipinski definition) is 2. The monoisotopic (exact) mass is 244 g/mol. The number of phenolic OH excluding ortho intramolecular Hbond substituents is 1. The molecule has 84 valence electrons. The van der Waals surface area contributed by atoms with Gasteiger partial charge in [-0.05, 0) is 24.3 Å². The average Bonchev–Trinajstić information content (AvgIpc) is 2.72. The fourth-order valence-electron chi connectivity index (χ4n) is 1.77. The molecule has 0 radical (unpaired) electrons. The molecule has 0 saturated carbocycles. The van der Waals surface area contributed by atoms with Crippen LogP contribution in [0.3, 0.4) is 0 Å². The second-order valence-corrected chi connectivity index (χ2v) is 4.23. The fraction of sp³-hybridized carbons (Fsp3) is 0. The van der Waals surface area contributed by atoms with Crippen LogP contribution in [0.2, 0.25) is 5.02 Å². The number of fused-ring (bicyclic) bond motifs is 1. The van der Waals surface area contributed by atoms with Gasteiger partial charge in [-0.3, -0.25) is 0 Å². The molecule has 0 spiro atoms. The molecule has 0 unspecified atom stereocenters. The first-order valence-electron chi connectivity index (χ1n) is 5.17. The van der Waals surface area contributed by atoms with E-state index in [0.717, 1.165) is 22.4 Å². The second-order valence-electron chi connectivity index (χ2n) is 3.80. The number of benzene rings is 2. The van der Waals surface area contributed by atoms with Gasteiger partial charge < -0.3 is 10.1 Å². The highest BCUT2D eigenvalue weighted by Crippen LogP contribution is 2.24. The molecule has 0 aliphatic rings. The van der Waals surface area contributed by atoms with E-state index in [4.69, 9.17) is 11.6 Å². The Morgan fingerprint density at radius 2 is 2.00 bits per heavy atom. The van der Waals surface area contributed by atoms with Crippen molar-refractivity contribution in [1.29, 1.82) is 0 Å². The van der Waals surface area contributed by atoms with Gasteiger partial charge in [0.1, 0.15) is 11.6 Å². The van der Waals surface area contributed by atoms with Gasteiger partial charge in [-0.25, -0.2) is 4.98 Å². The number of H-pyrrole nitrogens is 1. The SMILES string of the molecule is Oc1ccc2nc(-c3cccc(Cl)c3)[nH]c2c1. The minimum atomic E-state index is 0.221. The van der Waals surface area contributed by atoms with Crippen molar-refractivity contribution in [3.05, 3.63) is 47.5 Å². The summed E-state index contributed by atoms with van der Waals surface area (Å²) in [6, 6.07) is 12.5. The van der Waals surface area contributed by atoms with Crippen LogP contribution in [0.4, 0.5) is 0 Å². The highest BCUT2D eigenvalue weighted by Gasteiger charge is 2.05. The molecule has 0 bridgehead atoms. The van der Waals surface area contributed by atoms with Crippen LogP contribution in [0.5, 0.6) is 5.75 Å². The molecule has 1 aromatic heterocycles. The molecule has 0 fully saturated rings. The van der Waals surface area contributed by atoms with Crippen molar-refractivity contribution < 1.29 is 5.11 Å². The third kappa shape index (κ3) is 1.85. The molecule has 3 rings (SSSR count). The summed E-state index contributed by atoms with van der Waals surface area (Å²) in [5.41, 5.74) is 2.55. The molecule has 0 saturated heterocycles. The van der Waals surface area contributed by atoms with Crippen LogP contribution >= 0.6 is 11.6 Å². The highest BCUT2D eigenvalue weighted by atomic mass is 35.5. The minimum absolute atomic E-state index is 0.221. The second kappa shape index (κ2) is 3.79. The number of halogens is 1. The van der Waals surface area contributed by atoms with E-state index in [1.807, 2.05) is 24.3 Å². The number of nitrogens with one attached hydrogen (secondary N) is 1. The largest absolute Gasteiger partial charge is 0.508 e. The highest BCUT2D eigenvalue weighted by molar-refractivity contribution is 6.30. The Morgan fingerprint density at radius 3 is 2.82 bits per heavy atom. The zero-order valence-corrected chi connectivity index (χ0v) is 9.57. The van der Waals surface area contributed by atoms with Crippen molar-refractivity contribution in [3.8, 4) is 17.1 Å². The Balaban J connectivity index is 2.18. The quantitative estimate of drug-likeness (QED) is 0.687. The summed E-state index contributed by atoms with van der Waals surface area (Å²) in [6.45, 7) is 0. The van der Waals surface area contributed by atoms with E-state index < -0.39 is 0 Å². The Bertz CT molecular complexity index is 691. The van der Waals surface area contributed by atoms with E-state index in [9.17, 15) is 5.11 Å². The van der Waals surface area contributed by atoms with Crippen LogP contribution in [0, 0.1) is 0 Å². The van der Waals surface area contributed by atoms with Gasteiger partial charge in [0.05, 0.1) is 11.0 Å². The van der Waals surface area contributed by atoms with Gasteiger partial charge in [0.25, 0.3) is 0 Å². The molecule has 0 aliphatic carbocycles. The van der Waals surface area contributed by atoms with E-state index in [2.05, 4.69) is 9.97 Å². The maximum Gasteiger partial charge on any atom is 0.138 e. The van der Waals surface area contributed by atoms with Crippen molar-refractivity contribution >= 4 is 22.6 Å². The van der Waals surface area contributed by atoms with Gasteiger partial charge in [0.2, 0.25) is 0 Å². The smallest absolute Gasteiger partial charge is 0.138 e. The third-order valence-electron chi connectivity index (χ3n) is 2.56. The Kier molecular flexibility index (Phi) is 2.27. The van der Waals surface area contributed by atoms with Crippen LogP contribution in [-0.2, 0) is 0 Å². The van der Waals surface area contributed by atoms with Crippen molar-refractivity contribution in [2.75, 3.05) is 0 Å². The lowest BCUT2D eigenvalue weighted by Crippen LogP contribution is -1.79. The van der Waals surface area contributed by atoms with Gasteiger partial charge in [-0.15, -0.1) is 0 Å². The standard InChI is InChI=1S/C13H9ClN2O/c14-9-3-1-2-8(6-9)13-15-11-5-4-10(17)7-12(11)16-13/h1-7,17H,(H,15,16). The van der Waals surface area contributed by atoms with E-state index >= 15 is 0 Å². The molecule has 3 aromatic rings. The van der Waals surface area contributed by atoms with Gasteiger partial charge in [0.15, 0.2) is 0 Å². The van der Waals surface area contributed by atoms with Gasteiger partial charge in [-0.1, -0.05) is 23.7 Å². The number of aromatic amines is 1. The first-order chi connectivity index (χ1) is 8.22. The van der Waals surface area contributed by atoms with Crippen LogP contribution in [-0.4, -0.2) is 15.1 Å². The maximum absolute atomic E-state index is 9.39. The zero-order chi connectivity index (χ0) is 11.8. The number of phenols is 1. The third-order valence-corrected chi connectivity index (χ3v) is 2.80. The van der Waals surface area contributed by atoms with E-state index in [1.54, 1.807) is 18.2 Å². The molecule has 1 heterocycles. The van der Waals surface area contributed by atoms with Crippen LogP contribution in [0.25, 0.3) is 22.4 Å². The lowest BCUT2D eigenvalue weighted by Gasteiger charge is -1.96. The lowest BCUT2D eigenvalue weighted by molar-refractivity contribution is 0.476. The normalized spacial score (nSPS) is 10.9. The van der Waals surface area contributed by atoms with Crippen LogP contribution in [0.15, 0.2) is 42.5 Å². The van der Waals surface area contributed by atoms with Crippen molar-refractivity contribution in [2.24, 2.45) is 0 Å². The number of nitrogens with zero attached hydrogens (tertiary/aromatic N) is 1. The predicted octanol–water partition coefficient (Wildman–Crippen LogP) is 3.59. The molecular weight excluding hydrogens is 236 g/mol. The summed E-state index contributed by atoms with van der Waals surface area (Å²) in [5, 5.41) is 10.1. The molecular formula is C13H9ClN2O. The predicted molar refractivity (Wildman–Crippen MR) is 68.2 cm³/mol. The number of rotatable bonds is 1. The molecule has 2 N–H and O–H groups in total. The summed E-state index contributed by atoms with van der Waals surface area (Å²) >= 11 is 5.94. The summed E-state index contributed by atoms with van der Waals surface area (Å²) in [6.07, 6.45) is 0. The summed E-state index contributed by atoms with van der Waals surface area (Å²) < 4.78 is 0. The maximum atomic E-state index is 9.39. The first-order valence-corrected chi connectivity index (χ1v) is 5.55. The molecule has 3 nitrogen and oxygen atoms in total. The fourth-order valence-corrected chi connectivity index (χ4v) is 1.96. The Morgan fingerprint density at radius 1 is 1.12 bits per heavy atom. The first kappa shape index (κ1) is 10.2. The zero-order valence-electron chi connectivity index (χ0n) is 8.81. The van der Waals surface area contributed by atoms with E-state index in [1.165, 1.54) is 0 Å². The molecule has 17 heavy (non-hydrogen) atoms. The van der Waals surface area contributed by atoms with E-state index in [0.29, 0.717) is 5.02 Å². The molecule has 4 heteroatoms. The van der Waals surface area contributed by atoms with Gasteiger partial charge >= 0.3 is 0 Å². The number of hydrogen-bond donors (Lipinski definition) is 2. The molecule has 0 amide bonds. The van der Waals surface area contributed by atoms with E-state index in [-0.39, 0.29) is 5.75 Å². The lowest BCUT2D eigenvalue weighted by atomic mass is 10.2. The average molecular weight is 245 g/mol. The Labute approximate surface area is 103 Å². The van der Waals surface area contributed by atoms with Crippen molar-refractivity contribution in [1.82, 2.24) is 9.97 Å². The minimum Gasteiger partial charge on any atom is -0.508 e. The summed E-state index contributed by atoms with van der Waals surface area (Å²) in [7, 11) is 0. The Hall–Kier alpha value is -2.00. The number of imidazole rings is 1. The van der Waals surface area contributed by atoms with Crippen molar-refractivity contribution in [3.63, 3.8) is 0 Å². The number of aromatic hydroxyl groups is 1. The van der Waals surface area contributed by atoms with Gasteiger partial charge in [0, 0.05) is 16.7 Å². The number of aromatic nitrogens is 2. The molecule has 0 aliphatic heterocycles. The summed E-state index contributed by atoms with van der Waals surface area (Å²) in [5.74, 6) is 0.965. The van der Waals surface area contributed by atoms with Crippen LogP contribution < -0.4 is 0 Å². The summed E-state index contributed by atoms with van der Waals surface area (Å²) in [4.78, 5) is 7.59.